The zero-order valence-electron chi connectivity index (χ0n) is 25.8. The number of benzene rings is 5. The van der Waals surface area contributed by atoms with Crippen molar-refractivity contribution in [2.45, 2.75) is 61.2 Å². The molecule has 5 atom stereocenters. The first-order chi connectivity index (χ1) is 22.8. The van der Waals surface area contributed by atoms with Gasteiger partial charge in [0, 0.05) is 4.90 Å². The summed E-state index contributed by atoms with van der Waals surface area (Å²) in [6.07, 6.45) is -1.72. The van der Waals surface area contributed by atoms with Crippen molar-refractivity contribution in [1.82, 2.24) is 0 Å². The summed E-state index contributed by atoms with van der Waals surface area (Å²) in [6.45, 7) is 2.08. The highest BCUT2D eigenvalue weighted by Gasteiger charge is 2.48. The fourth-order valence-corrected chi connectivity index (χ4v) is 6.62. The summed E-state index contributed by atoms with van der Waals surface area (Å²) in [4.78, 5) is 1.09. The number of ether oxygens (including phenoxy) is 5. The van der Waals surface area contributed by atoms with Gasteiger partial charge in [-0.2, -0.15) is 0 Å². The summed E-state index contributed by atoms with van der Waals surface area (Å²) in [5.74, 6) is 0. The first-order valence-electron chi connectivity index (χ1n) is 15.8. The monoisotopic (exact) mass is 632 g/mol. The third-order valence-electron chi connectivity index (χ3n) is 7.84. The summed E-state index contributed by atoms with van der Waals surface area (Å²) in [6, 6.07) is 51.2. The van der Waals surface area contributed by atoms with Gasteiger partial charge in [0.05, 0.1) is 33.0 Å². The summed E-state index contributed by atoms with van der Waals surface area (Å²) >= 11 is 1.64. The highest BCUT2D eigenvalue weighted by atomic mass is 32.2. The number of rotatable bonds is 15. The van der Waals surface area contributed by atoms with Gasteiger partial charge in [0.2, 0.25) is 0 Å². The minimum atomic E-state index is -0.451. The van der Waals surface area contributed by atoms with Gasteiger partial charge in [0.1, 0.15) is 29.9 Å². The van der Waals surface area contributed by atoms with Crippen molar-refractivity contribution < 1.29 is 23.7 Å². The molecule has 0 radical (unpaired) electrons. The Labute approximate surface area is 276 Å². The molecule has 0 N–H and O–H groups in total. The molecule has 1 fully saturated rings. The van der Waals surface area contributed by atoms with Crippen molar-refractivity contribution in [3.8, 4) is 0 Å². The van der Waals surface area contributed by atoms with Crippen molar-refractivity contribution in [1.29, 1.82) is 0 Å². The molecule has 236 valence electrons. The molecule has 5 aromatic carbocycles. The van der Waals surface area contributed by atoms with E-state index >= 15 is 0 Å². The van der Waals surface area contributed by atoms with Gasteiger partial charge < -0.3 is 23.7 Å². The van der Waals surface area contributed by atoms with E-state index in [1.165, 1.54) is 0 Å². The van der Waals surface area contributed by atoms with E-state index in [9.17, 15) is 0 Å². The lowest BCUT2D eigenvalue weighted by Gasteiger charge is -2.46. The normalized spacial score (nSPS) is 21.2. The molecule has 0 aromatic heterocycles. The summed E-state index contributed by atoms with van der Waals surface area (Å²) in [5.41, 5.74) is 3.99. The standard InChI is InChI=1S/C40H40O5S/c1-6-16-31(17-7-1)26-41-30-36-37(42-27-32-18-8-2-9-19-32)38(43-28-33-20-10-3-11-21-33)39(44-29-34-22-12-4-13-23-34)40(45-36)46-35-24-14-5-15-25-35/h1-25,36-40H,26-30H2/t36?,37-,38+,39?,40-/m0/s1. The van der Waals surface area contributed by atoms with Crippen LogP contribution in [0.3, 0.4) is 0 Å². The first-order valence-corrected chi connectivity index (χ1v) is 16.7. The first kappa shape index (κ1) is 32.2. The maximum atomic E-state index is 6.92. The molecule has 1 saturated heterocycles. The molecule has 1 aliphatic heterocycles. The van der Waals surface area contributed by atoms with Crippen LogP contribution in [0.15, 0.2) is 157 Å². The van der Waals surface area contributed by atoms with E-state index < -0.39 is 24.4 Å². The van der Waals surface area contributed by atoms with Crippen molar-refractivity contribution in [2.24, 2.45) is 0 Å². The highest BCUT2D eigenvalue weighted by molar-refractivity contribution is 7.99. The molecule has 0 spiro atoms. The van der Waals surface area contributed by atoms with Crippen LogP contribution in [0.25, 0.3) is 0 Å². The van der Waals surface area contributed by atoms with Gasteiger partial charge in [-0.05, 0) is 34.4 Å². The fraction of sp³-hybridized carbons (Fsp3) is 0.250. The third-order valence-corrected chi connectivity index (χ3v) is 8.99. The predicted octanol–water partition coefficient (Wildman–Crippen LogP) is 8.48. The van der Waals surface area contributed by atoms with Gasteiger partial charge in [-0.3, -0.25) is 0 Å². The molecule has 46 heavy (non-hydrogen) atoms. The van der Waals surface area contributed by atoms with Crippen molar-refractivity contribution >= 4 is 11.8 Å². The Hall–Kier alpha value is -3.75. The molecular formula is C40H40O5S. The van der Waals surface area contributed by atoms with Crippen LogP contribution in [0.1, 0.15) is 22.3 Å². The second-order valence-electron chi connectivity index (χ2n) is 11.3. The van der Waals surface area contributed by atoms with Crippen molar-refractivity contribution in [3.63, 3.8) is 0 Å². The van der Waals surface area contributed by atoms with Gasteiger partial charge in [-0.1, -0.05) is 151 Å². The lowest BCUT2D eigenvalue weighted by molar-refractivity contribution is -0.254. The molecular weight excluding hydrogens is 593 g/mol. The van der Waals surface area contributed by atoms with Crippen LogP contribution in [0.2, 0.25) is 0 Å². The average Bonchev–Trinajstić information content (AvgIpc) is 3.12. The van der Waals surface area contributed by atoms with Gasteiger partial charge in [0.25, 0.3) is 0 Å². The Bertz CT molecular complexity index is 1540. The Kier molecular flexibility index (Phi) is 12.1. The van der Waals surface area contributed by atoms with Gasteiger partial charge in [-0.15, -0.1) is 0 Å². The second-order valence-corrected chi connectivity index (χ2v) is 12.4. The topological polar surface area (TPSA) is 46.2 Å². The highest BCUT2D eigenvalue weighted by Crippen LogP contribution is 2.38. The summed E-state index contributed by atoms with van der Waals surface area (Å²) in [7, 11) is 0. The average molecular weight is 633 g/mol. The molecule has 6 rings (SSSR count). The Morgan fingerprint density at radius 3 is 1.30 bits per heavy atom. The maximum Gasteiger partial charge on any atom is 0.137 e. The maximum absolute atomic E-state index is 6.92. The molecule has 5 aromatic rings. The van der Waals surface area contributed by atoms with E-state index in [0.717, 1.165) is 27.1 Å². The van der Waals surface area contributed by atoms with E-state index in [0.29, 0.717) is 33.0 Å². The van der Waals surface area contributed by atoms with Crippen molar-refractivity contribution in [3.05, 3.63) is 174 Å². The molecule has 1 heterocycles. The van der Waals surface area contributed by atoms with Crippen molar-refractivity contribution in [2.75, 3.05) is 6.61 Å². The lowest BCUT2D eigenvalue weighted by atomic mass is 9.98. The zero-order valence-corrected chi connectivity index (χ0v) is 26.6. The second kappa shape index (κ2) is 17.2. The van der Waals surface area contributed by atoms with Gasteiger partial charge in [-0.25, -0.2) is 0 Å². The number of hydrogen-bond acceptors (Lipinski definition) is 6. The van der Waals surface area contributed by atoms with E-state index in [2.05, 4.69) is 60.7 Å². The third kappa shape index (κ3) is 9.39. The van der Waals surface area contributed by atoms with Crippen LogP contribution in [0, 0.1) is 0 Å². The summed E-state index contributed by atoms with van der Waals surface area (Å²) < 4.78 is 33.6. The van der Waals surface area contributed by atoms with E-state index in [1.807, 2.05) is 91.0 Å². The molecule has 1 aliphatic rings. The number of hydrogen-bond donors (Lipinski definition) is 0. The predicted molar refractivity (Wildman–Crippen MR) is 182 cm³/mol. The molecule has 0 saturated carbocycles. The van der Waals surface area contributed by atoms with Crippen LogP contribution >= 0.6 is 11.8 Å². The quantitative estimate of drug-likeness (QED) is 0.115. The lowest BCUT2D eigenvalue weighted by Crippen LogP contribution is -2.60. The fourth-order valence-electron chi connectivity index (χ4n) is 5.48. The molecule has 6 heteroatoms. The van der Waals surface area contributed by atoms with Crippen LogP contribution in [-0.2, 0) is 50.1 Å². The molecule has 0 amide bonds. The van der Waals surface area contributed by atoms with Crippen LogP contribution in [0.5, 0.6) is 0 Å². The molecule has 0 aliphatic carbocycles. The van der Waals surface area contributed by atoms with Crippen LogP contribution in [0.4, 0.5) is 0 Å². The Morgan fingerprint density at radius 1 is 0.435 bits per heavy atom. The molecule has 0 bridgehead atoms. The largest absolute Gasteiger partial charge is 0.374 e. The van der Waals surface area contributed by atoms with Gasteiger partial charge in [0.15, 0.2) is 0 Å². The summed E-state index contributed by atoms with van der Waals surface area (Å²) in [5, 5.41) is 0. The minimum Gasteiger partial charge on any atom is -0.374 e. The van der Waals surface area contributed by atoms with E-state index in [4.69, 9.17) is 23.7 Å². The van der Waals surface area contributed by atoms with E-state index in [1.54, 1.807) is 11.8 Å². The van der Waals surface area contributed by atoms with Gasteiger partial charge >= 0.3 is 0 Å². The number of thioether (sulfide) groups is 1. The Morgan fingerprint density at radius 2 is 0.826 bits per heavy atom. The van der Waals surface area contributed by atoms with Crippen LogP contribution < -0.4 is 0 Å². The molecule has 2 unspecified atom stereocenters. The smallest absolute Gasteiger partial charge is 0.137 e. The molecule has 5 nitrogen and oxygen atoms in total. The SMILES string of the molecule is c1ccc(COCC2O[C@@H](Sc3ccccc3)C(OCc3ccccc3)[C@H](OCc3ccccc3)[C@H]2OCc2ccccc2)cc1. The zero-order chi connectivity index (χ0) is 31.2. The minimum absolute atomic E-state index is 0.344. The van der Waals surface area contributed by atoms with Crippen LogP contribution in [-0.4, -0.2) is 36.5 Å². The van der Waals surface area contributed by atoms with E-state index in [-0.39, 0.29) is 5.44 Å². The Balaban J connectivity index is 1.31.